The first kappa shape index (κ1) is 25.4. The fourth-order valence-electron chi connectivity index (χ4n) is 3.66. The molecule has 1 saturated heterocycles. The number of nitrogens with zero attached hydrogens (tertiary/aromatic N) is 2. The van der Waals surface area contributed by atoms with E-state index in [9.17, 15) is 18.0 Å². The number of hydrogen-bond donors (Lipinski definition) is 0. The number of rotatable bonds is 6. The van der Waals surface area contributed by atoms with Crippen molar-refractivity contribution in [3.63, 3.8) is 0 Å². The second-order valence-electron chi connectivity index (χ2n) is 7.48. The number of hydrogen-bond acceptors (Lipinski definition) is 4. The predicted molar refractivity (Wildman–Crippen MR) is 141 cm³/mol. The first-order valence-corrected chi connectivity index (χ1v) is 13.6. The smallest absolute Gasteiger partial charge is 0.252 e. The van der Waals surface area contributed by atoms with Crippen molar-refractivity contribution in [2.24, 2.45) is 0 Å². The molecule has 11 heteroatoms. The molecule has 0 bridgehead atoms. The predicted octanol–water partition coefficient (Wildman–Crippen LogP) is 5.77. The third-order valence-electron chi connectivity index (χ3n) is 5.32. The van der Waals surface area contributed by atoms with E-state index in [2.05, 4.69) is 22.6 Å². The zero-order valence-electron chi connectivity index (χ0n) is 17.3. The van der Waals surface area contributed by atoms with Crippen molar-refractivity contribution in [2.75, 3.05) is 4.90 Å². The van der Waals surface area contributed by atoms with E-state index in [1.807, 2.05) is 0 Å². The summed E-state index contributed by atoms with van der Waals surface area (Å²) >= 11 is 20.7. The van der Waals surface area contributed by atoms with Gasteiger partial charge in [0.1, 0.15) is 10.9 Å². The van der Waals surface area contributed by atoms with Crippen LogP contribution in [-0.4, -0.2) is 30.6 Å². The van der Waals surface area contributed by atoms with Gasteiger partial charge in [-0.25, -0.2) is 13.3 Å². The Morgan fingerprint density at radius 1 is 0.941 bits per heavy atom. The molecule has 0 saturated carbocycles. The van der Waals surface area contributed by atoms with Gasteiger partial charge in [0.25, 0.3) is 5.91 Å². The van der Waals surface area contributed by atoms with Crippen molar-refractivity contribution in [3.8, 4) is 0 Å². The molecule has 1 heterocycles. The lowest BCUT2D eigenvalue weighted by Gasteiger charge is -2.27. The Balaban J connectivity index is 1.81. The summed E-state index contributed by atoms with van der Waals surface area (Å²) in [4.78, 5) is 27.1. The van der Waals surface area contributed by atoms with Crippen molar-refractivity contribution in [1.82, 2.24) is 4.31 Å². The number of imide groups is 1. The Morgan fingerprint density at radius 3 is 2.29 bits per heavy atom. The molecule has 1 fully saturated rings. The van der Waals surface area contributed by atoms with Crippen LogP contribution in [0, 0.1) is 3.57 Å². The van der Waals surface area contributed by atoms with Crippen LogP contribution in [0.25, 0.3) is 0 Å². The van der Waals surface area contributed by atoms with Gasteiger partial charge in [0.2, 0.25) is 15.9 Å². The number of sulfonamides is 1. The highest BCUT2D eigenvalue weighted by Crippen LogP contribution is 2.34. The van der Waals surface area contributed by atoms with Gasteiger partial charge in [-0.15, -0.1) is 0 Å². The van der Waals surface area contributed by atoms with Gasteiger partial charge in [0.05, 0.1) is 17.1 Å². The van der Waals surface area contributed by atoms with Gasteiger partial charge in [-0.2, -0.15) is 4.31 Å². The lowest BCUT2D eigenvalue weighted by molar-refractivity contribution is -0.122. The summed E-state index contributed by atoms with van der Waals surface area (Å²) in [6.07, 6.45) is -0.327. The van der Waals surface area contributed by atoms with E-state index in [0.717, 1.165) is 12.8 Å². The Morgan fingerprint density at radius 2 is 1.62 bits per heavy atom. The van der Waals surface area contributed by atoms with Crippen molar-refractivity contribution >= 4 is 84.9 Å². The minimum absolute atomic E-state index is 0.0557. The van der Waals surface area contributed by atoms with Gasteiger partial charge in [-0.3, -0.25) is 9.59 Å². The molecule has 1 aliphatic heterocycles. The van der Waals surface area contributed by atoms with Crippen LogP contribution in [0.1, 0.15) is 12.0 Å². The van der Waals surface area contributed by atoms with E-state index in [1.165, 1.54) is 18.2 Å². The van der Waals surface area contributed by atoms with Crippen molar-refractivity contribution < 1.29 is 18.0 Å². The third kappa shape index (κ3) is 4.98. The van der Waals surface area contributed by atoms with Crippen molar-refractivity contribution in [3.05, 3.63) is 90.9 Å². The van der Waals surface area contributed by atoms with Crippen molar-refractivity contribution in [2.45, 2.75) is 23.9 Å². The summed E-state index contributed by atoms with van der Waals surface area (Å²) < 4.78 is 29.5. The number of carbonyl (C=O) groups excluding carboxylic acids is 2. The molecule has 1 unspecified atom stereocenters. The Labute approximate surface area is 225 Å². The highest BCUT2D eigenvalue weighted by Gasteiger charge is 2.47. The first-order chi connectivity index (χ1) is 16.1. The summed E-state index contributed by atoms with van der Waals surface area (Å²) in [5.74, 6) is -1.16. The normalized spacial score (nSPS) is 16.5. The molecule has 1 aliphatic rings. The van der Waals surface area contributed by atoms with Gasteiger partial charge >= 0.3 is 0 Å². The van der Waals surface area contributed by atoms with E-state index in [1.54, 1.807) is 48.5 Å². The van der Waals surface area contributed by atoms with Gasteiger partial charge < -0.3 is 0 Å². The molecule has 34 heavy (non-hydrogen) atoms. The van der Waals surface area contributed by atoms with Crippen LogP contribution in [0.5, 0.6) is 0 Å². The minimum atomic E-state index is -4.36. The maximum Gasteiger partial charge on any atom is 0.252 e. The number of benzene rings is 3. The molecule has 3 aromatic rings. The Hall–Kier alpha value is -1.69. The molecule has 0 aromatic heterocycles. The summed E-state index contributed by atoms with van der Waals surface area (Å²) in [5.41, 5.74) is 0.840. The standard InChI is InChI=1S/C23H16Cl3IN2O4S/c24-15-5-10-19(26)21(11-15)34(32,33)28(13-14-3-1-2-4-18(14)25)20-12-22(30)29(23(20)31)17-8-6-16(27)7-9-17/h1-11,20H,12-13H2. The van der Waals surface area contributed by atoms with Crippen LogP contribution in [-0.2, 0) is 26.2 Å². The second kappa shape index (κ2) is 10.1. The van der Waals surface area contributed by atoms with Crippen LogP contribution >= 0.6 is 57.4 Å². The highest BCUT2D eigenvalue weighted by molar-refractivity contribution is 14.1. The topological polar surface area (TPSA) is 74.8 Å². The van der Waals surface area contributed by atoms with Crippen LogP contribution in [0.3, 0.4) is 0 Å². The molecule has 0 aliphatic carbocycles. The molecule has 0 N–H and O–H groups in total. The first-order valence-electron chi connectivity index (χ1n) is 9.92. The maximum absolute atomic E-state index is 13.8. The molecule has 0 spiro atoms. The van der Waals surface area contributed by atoms with Crippen LogP contribution < -0.4 is 4.90 Å². The fourth-order valence-corrected chi connectivity index (χ4v) is 6.51. The second-order valence-corrected chi connectivity index (χ2v) is 11.8. The van der Waals surface area contributed by atoms with E-state index in [4.69, 9.17) is 34.8 Å². The Kier molecular flexibility index (Phi) is 7.56. The number of anilines is 1. The van der Waals surface area contributed by atoms with Crippen LogP contribution in [0.15, 0.2) is 71.6 Å². The molecular formula is C23H16Cl3IN2O4S. The third-order valence-corrected chi connectivity index (χ3v) is 8.98. The summed E-state index contributed by atoms with van der Waals surface area (Å²) in [5, 5.41) is 0.431. The van der Waals surface area contributed by atoms with E-state index >= 15 is 0 Å². The zero-order chi connectivity index (χ0) is 24.6. The molecule has 2 amide bonds. The molecule has 3 aromatic carbocycles. The van der Waals surface area contributed by atoms with E-state index in [0.29, 0.717) is 16.3 Å². The minimum Gasteiger partial charge on any atom is -0.274 e. The number of amides is 2. The van der Waals surface area contributed by atoms with E-state index in [-0.39, 0.29) is 27.9 Å². The maximum atomic E-state index is 13.8. The lowest BCUT2D eigenvalue weighted by Crippen LogP contribution is -2.45. The molecule has 6 nitrogen and oxygen atoms in total. The zero-order valence-corrected chi connectivity index (χ0v) is 22.5. The van der Waals surface area contributed by atoms with Gasteiger partial charge in [0, 0.05) is 20.2 Å². The quantitative estimate of drug-likeness (QED) is 0.251. The molecule has 1 atom stereocenters. The van der Waals surface area contributed by atoms with Crippen LogP contribution in [0.4, 0.5) is 5.69 Å². The van der Waals surface area contributed by atoms with Gasteiger partial charge in [-0.05, 0) is 76.7 Å². The highest BCUT2D eigenvalue weighted by atomic mass is 127. The summed E-state index contributed by atoms with van der Waals surface area (Å²) in [7, 11) is -4.36. The number of halogens is 4. The van der Waals surface area contributed by atoms with Gasteiger partial charge in [0.15, 0.2) is 0 Å². The lowest BCUT2D eigenvalue weighted by atomic mass is 10.2. The van der Waals surface area contributed by atoms with Crippen LogP contribution in [0.2, 0.25) is 15.1 Å². The Bertz CT molecular complexity index is 1380. The van der Waals surface area contributed by atoms with Crippen molar-refractivity contribution in [1.29, 1.82) is 0 Å². The molecule has 4 rings (SSSR count). The average Bonchev–Trinajstić information content (AvgIpc) is 3.08. The SMILES string of the molecule is O=C1CC(N(Cc2ccccc2Cl)S(=O)(=O)c2cc(Cl)ccc2Cl)C(=O)N1c1ccc(I)cc1. The van der Waals surface area contributed by atoms with E-state index < -0.39 is 27.9 Å². The molecular weight excluding hydrogens is 634 g/mol. The number of carbonyl (C=O) groups is 2. The molecule has 176 valence electrons. The monoisotopic (exact) mass is 648 g/mol. The fraction of sp³-hybridized carbons (Fsp3) is 0.130. The largest absolute Gasteiger partial charge is 0.274 e. The average molecular weight is 650 g/mol. The molecule has 0 radical (unpaired) electrons. The summed E-state index contributed by atoms with van der Waals surface area (Å²) in [6, 6.07) is 16.2. The van der Waals surface area contributed by atoms with Gasteiger partial charge in [-0.1, -0.05) is 53.0 Å². The summed E-state index contributed by atoms with van der Waals surface area (Å²) in [6.45, 7) is -0.241.